The van der Waals surface area contributed by atoms with Crippen molar-refractivity contribution in [3.63, 3.8) is 0 Å². The molecule has 0 saturated carbocycles. The molecule has 1 atom stereocenters. The molecule has 0 bridgehead atoms. The highest BCUT2D eigenvalue weighted by Crippen LogP contribution is 2.41. The van der Waals surface area contributed by atoms with E-state index in [-0.39, 0.29) is 12.3 Å². The molecule has 1 heterocycles. The summed E-state index contributed by atoms with van der Waals surface area (Å²) in [6, 6.07) is 6.67. The number of nitrogens with zero attached hydrogens (tertiary/aromatic N) is 1. The highest BCUT2D eigenvalue weighted by atomic mass is 16.4. The average molecular weight is 285 g/mol. The monoisotopic (exact) mass is 285 g/mol. The first-order valence-corrected chi connectivity index (χ1v) is 7.82. The first-order valence-electron chi connectivity index (χ1n) is 7.82. The Kier molecular flexibility index (Phi) is 3.52. The van der Waals surface area contributed by atoms with Gasteiger partial charge in [0.2, 0.25) is 0 Å². The van der Waals surface area contributed by atoms with E-state index in [1.54, 1.807) is 0 Å². The van der Waals surface area contributed by atoms with Crippen LogP contribution in [0.3, 0.4) is 0 Å². The highest BCUT2D eigenvalue weighted by molar-refractivity contribution is 5.88. The fraction of sp³-hybridized carbons (Fsp3) is 0.500. The maximum absolute atomic E-state index is 11.2. The molecule has 1 aliphatic carbocycles. The van der Waals surface area contributed by atoms with Crippen molar-refractivity contribution in [2.45, 2.75) is 51.4 Å². The van der Waals surface area contributed by atoms with Crippen LogP contribution in [0.1, 0.15) is 61.8 Å². The maximum atomic E-state index is 11.2. The quantitative estimate of drug-likeness (QED) is 0.918. The van der Waals surface area contributed by atoms with Gasteiger partial charge in [-0.15, -0.1) is 0 Å². The van der Waals surface area contributed by atoms with E-state index in [0.29, 0.717) is 5.92 Å². The number of aliphatic carboxylic acids is 1. The van der Waals surface area contributed by atoms with Crippen molar-refractivity contribution in [2.24, 2.45) is 7.05 Å². The molecule has 0 spiro atoms. The van der Waals surface area contributed by atoms with Crippen molar-refractivity contribution >= 4 is 16.9 Å². The van der Waals surface area contributed by atoms with Crippen molar-refractivity contribution in [1.29, 1.82) is 0 Å². The van der Waals surface area contributed by atoms with Crippen LogP contribution in [0.4, 0.5) is 0 Å². The number of hydrogen-bond donors (Lipinski definition) is 1. The molecular weight excluding hydrogens is 262 g/mol. The number of carboxylic acids is 1. The smallest absolute Gasteiger partial charge is 0.303 e. The van der Waals surface area contributed by atoms with Gasteiger partial charge in [-0.3, -0.25) is 4.79 Å². The van der Waals surface area contributed by atoms with Crippen LogP contribution >= 0.6 is 0 Å². The molecule has 1 aliphatic rings. The van der Waals surface area contributed by atoms with Crippen LogP contribution in [-0.2, 0) is 18.3 Å². The first-order chi connectivity index (χ1) is 9.99. The number of benzene rings is 1. The Hall–Kier alpha value is -1.77. The van der Waals surface area contributed by atoms with E-state index >= 15 is 0 Å². The lowest BCUT2D eigenvalue weighted by molar-refractivity contribution is -0.137. The third-order valence-electron chi connectivity index (χ3n) is 4.85. The normalized spacial score (nSPS) is 18.2. The molecule has 3 heteroatoms. The minimum atomic E-state index is -0.690. The molecule has 0 aliphatic heterocycles. The third kappa shape index (κ3) is 2.35. The van der Waals surface area contributed by atoms with Crippen molar-refractivity contribution in [3.05, 3.63) is 35.0 Å². The lowest BCUT2D eigenvalue weighted by Gasteiger charge is -2.22. The molecule has 1 aromatic heterocycles. The van der Waals surface area contributed by atoms with E-state index in [2.05, 4.69) is 43.7 Å². The fourth-order valence-corrected chi connectivity index (χ4v) is 3.74. The maximum Gasteiger partial charge on any atom is 0.303 e. The van der Waals surface area contributed by atoms with Gasteiger partial charge >= 0.3 is 5.97 Å². The Labute approximate surface area is 125 Å². The number of carbonyl (C=O) groups is 1. The second kappa shape index (κ2) is 5.21. The standard InChI is InChI=1S/C18H23NO2/c1-11(2)12-7-8-15-14(9-12)18-13(10-17(20)21)5-4-6-16(18)19(15)3/h7-9,11,13H,4-6,10H2,1-3H3,(H,20,21). The van der Waals surface area contributed by atoms with E-state index in [1.807, 2.05) is 0 Å². The summed E-state index contributed by atoms with van der Waals surface area (Å²) < 4.78 is 2.27. The largest absolute Gasteiger partial charge is 0.481 e. The van der Waals surface area contributed by atoms with E-state index < -0.39 is 5.97 Å². The van der Waals surface area contributed by atoms with Crippen LogP contribution in [0, 0.1) is 0 Å². The van der Waals surface area contributed by atoms with Crippen molar-refractivity contribution in [1.82, 2.24) is 4.57 Å². The van der Waals surface area contributed by atoms with Crippen LogP contribution in [0.25, 0.3) is 10.9 Å². The molecule has 2 aromatic rings. The molecule has 0 amide bonds. The summed E-state index contributed by atoms with van der Waals surface area (Å²) in [5, 5.41) is 10.5. The summed E-state index contributed by atoms with van der Waals surface area (Å²) in [5.74, 6) is -0.0333. The number of carboxylic acid groups (broad SMARTS) is 1. The lowest BCUT2D eigenvalue weighted by Crippen LogP contribution is -2.14. The number of aromatic nitrogens is 1. The van der Waals surface area contributed by atoms with Gasteiger partial charge in [0, 0.05) is 23.6 Å². The molecule has 1 aromatic carbocycles. The summed E-state index contributed by atoms with van der Waals surface area (Å²) in [7, 11) is 2.11. The molecule has 21 heavy (non-hydrogen) atoms. The van der Waals surface area contributed by atoms with Gasteiger partial charge in [-0.25, -0.2) is 0 Å². The predicted molar refractivity (Wildman–Crippen MR) is 84.9 cm³/mol. The zero-order chi connectivity index (χ0) is 15.1. The summed E-state index contributed by atoms with van der Waals surface area (Å²) in [4.78, 5) is 11.2. The second-order valence-corrected chi connectivity index (χ2v) is 6.54. The van der Waals surface area contributed by atoms with Crippen LogP contribution in [0.2, 0.25) is 0 Å². The molecule has 0 radical (unpaired) electrons. The van der Waals surface area contributed by atoms with E-state index in [1.165, 1.54) is 27.7 Å². The molecule has 0 fully saturated rings. The van der Waals surface area contributed by atoms with Gasteiger partial charge in [0.15, 0.2) is 0 Å². The first kappa shape index (κ1) is 14.2. The molecule has 3 rings (SSSR count). The summed E-state index contributed by atoms with van der Waals surface area (Å²) >= 11 is 0. The summed E-state index contributed by atoms with van der Waals surface area (Å²) in [5.41, 5.74) is 5.20. The molecule has 1 N–H and O–H groups in total. The Morgan fingerprint density at radius 3 is 2.86 bits per heavy atom. The Balaban J connectivity index is 2.21. The van der Waals surface area contributed by atoms with Gasteiger partial charge in [0.25, 0.3) is 0 Å². The molecule has 112 valence electrons. The van der Waals surface area contributed by atoms with Gasteiger partial charge in [-0.2, -0.15) is 0 Å². The van der Waals surface area contributed by atoms with Crippen LogP contribution in [0.5, 0.6) is 0 Å². The zero-order valence-corrected chi connectivity index (χ0v) is 13.0. The SMILES string of the molecule is CC(C)c1ccc2c(c1)c1c(n2C)CCCC1CC(=O)O. The molecule has 0 saturated heterocycles. The van der Waals surface area contributed by atoms with Crippen molar-refractivity contribution in [3.8, 4) is 0 Å². The highest BCUT2D eigenvalue weighted by Gasteiger charge is 2.28. The van der Waals surface area contributed by atoms with E-state index in [4.69, 9.17) is 0 Å². The predicted octanol–water partition coefficient (Wildman–Crippen LogP) is 4.20. The van der Waals surface area contributed by atoms with Crippen LogP contribution in [-0.4, -0.2) is 15.6 Å². The van der Waals surface area contributed by atoms with Gasteiger partial charge in [-0.1, -0.05) is 19.9 Å². The lowest BCUT2D eigenvalue weighted by atomic mass is 9.82. The Morgan fingerprint density at radius 2 is 2.19 bits per heavy atom. The van der Waals surface area contributed by atoms with Gasteiger partial charge in [-0.05, 0) is 54.4 Å². The van der Waals surface area contributed by atoms with Gasteiger partial charge in [0.1, 0.15) is 0 Å². The van der Waals surface area contributed by atoms with E-state index in [9.17, 15) is 9.90 Å². The molecule has 3 nitrogen and oxygen atoms in total. The summed E-state index contributed by atoms with van der Waals surface area (Å²) in [6.45, 7) is 4.40. The zero-order valence-electron chi connectivity index (χ0n) is 13.0. The number of hydrogen-bond acceptors (Lipinski definition) is 1. The number of aryl methyl sites for hydroxylation is 1. The Bertz CT molecular complexity index is 697. The molecule has 1 unspecified atom stereocenters. The topological polar surface area (TPSA) is 42.2 Å². The van der Waals surface area contributed by atoms with Crippen LogP contribution in [0.15, 0.2) is 18.2 Å². The Morgan fingerprint density at radius 1 is 1.43 bits per heavy atom. The van der Waals surface area contributed by atoms with Crippen molar-refractivity contribution in [2.75, 3.05) is 0 Å². The number of fused-ring (bicyclic) bond motifs is 3. The average Bonchev–Trinajstić information content (AvgIpc) is 2.72. The molecular formula is C18H23NO2. The number of rotatable bonds is 3. The van der Waals surface area contributed by atoms with Crippen molar-refractivity contribution < 1.29 is 9.90 Å². The minimum Gasteiger partial charge on any atom is -0.481 e. The minimum absolute atomic E-state index is 0.164. The van der Waals surface area contributed by atoms with Gasteiger partial charge < -0.3 is 9.67 Å². The second-order valence-electron chi connectivity index (χ2n) is 6.54. The van der Waals surface area contributed by atoms with Crippen LogP contribution < -0.4 is 0 Å². The fourth-order valence-electron chi connectivity index (χ4n) is 3.74. The third-order valence-corrected chi connectivity index (χ3v) is 4.85. The summed E-state index contributed by atoms with van der Waals surface area (Å²) in [6.07, 6.45) is 3.39. The van der Waals surface area contributed by atoms with Gasteiger partial charge in [0.05, 0.1) is 6.42 Å². The van der Waals surface area contributed by atoms with E-state index in [0.717, 1.165) is 19.3 Å².